The summed E-state index contributed by atoms with van der Waals surface area (Å²) in [6.07, 6.45) is 5.52. The van der Waals surface area contributed by atoms with Crippen molar-refractivity contribution in [2.24, 2.45) is 11.8 Å². The van der Waals surface area contributed by atoms with Gasteiger partial charge in [-0.25, -0.2) is 4.39 Å². The Morgan fingerprint density at radius 3 is 2.52 bits per heavy atom. The molecule has 4 rings (SSSR count). The summed E-state index contributed by atoms with van der Waals surface area (Å²) in [4.78, 5) is 2.68. The fourth-order valence-electron chi connectivity index (χ4n) is 3.94. The molecule has 0 bridgehead atoms. The van der Waals surface area contributed by atoms with Crippen LogP contribution in [0.15, 0.2) is 24.3 Å². The molecular weight excluding hydrogens is 263 g/mol. The van der Waals surface area contributed by atoms with Crippen molar-refractivity contribution in [1.29, 1.82) is 0 Å². The number of nitrogens with zero attached hydrogens (tertiary/aromatic N) is 1. The minimum absolute atomic E-state index is 0.139. The molecule has 1 aromatic carbocycles. The quantitative estimate of drug-likeness (QED) is 0.915. The van der Waals surface area contributed by atoms with Crippen molar-refractivity contribution in [3.8, 4) is 0 Å². The maximum atomic E-state index is 13.1. The predicted molar refractivity (Wildman–Crippen MR) is 82.5 cm³/mol. The first kappa shape index (κ1) is 13.7. The number of hydrogen-bond acceptors (Lipinski definition) is 2. The lowest BCUT2D eigenvalue weighted by Gasteiger charge is -2.49. The van der Waals surface area contributed by atoms with Gasteiger partial charge in [0.1, 0.15) is 5.82 Å². The molecule has 2 atom stereocenters. The number of piperazine rings is 1. The molecule has 3 aliphatic rings. The molecule has 1 aliphatic heterocycles. The average Bonchev–Trinajstić information content (AvgIpc) is 3.36. The largest absolute Gasteiger partial charge is 0.311 e. The summed E-state index contributed by atoms with van der Waals surface area (Å²) < 4.78 is 13.1. The molecule has 2 unspecified atom stereocenters. The maximum Gasteiger partial charge on any atom is 0.123 e. The van der Waals surface area contributed by atoms with E-state index >= 15 is 0 Å². The zero-order valence-electron chi connectivity index (χ0n) is 12.8. The van der Waals surface area contributed by atoms with Crippen molar-refractivity contribution >= 4 is 0 Å². The van der Waals surface area contributed by atoms with E-state index in [1.165, 1.54) is 31.2 Å². The third-order valence-corrected chi connectivity index (χ3v) is 5.80. The molecule has 0 radical (unpaired) electrons. The molecule has 3 heteroatoms. The normalized spacial score (nSPS) is 34.1. The summed E-state index contributed by atoms with van der Waals surface area (Å²) >= 11 is 0. The first-order valence-corrected chi connectivity index (χ1v) is 8.38. The summed E-state index contributed by atoms with van der Waals surface area (Å²) in [5.41, 5.74) is 1.51. The van der Waals surface area contributed by atoms with Gasteiger partial charge in [-0.15, -0.1) is 0 Å². The Bertz CT molecular complexity index is 506. The minimum atomic E-state index is -0.139. The zero-order chi connectivity index (χ0) is 14.4. The number of rotatable bonds is 4. The van der Waals surface area contributed by atoms with Gasteiger partial charge in [0.05, 0.1) is 0 Å². The van der Waals surface area contributed by atoms with Crippen LogP contribution >= 0.6 is 0 Å². The van der Waals surface area contributed by atoms with E-state index in [-0.39, 0.29) is 11.4 Å². The Hall–Kier alpha value is -0.930. The van der Waals surface area contributed by atoms with Gasteiger partial charge in [-0.2, -0.15) is 0 Å². The Balaban J connectivity index is 1.53. The predicted octanol–water partition coefficient (Wildman–Crippen LogP) is 3.18. The molecule has 1 aromatic rings. The van der Waals surface area contributed by atoms with Crippen molar-refractivity contribution < 1.29 is 4.39 Å². The summed E-state index contributed by atoms with van der Waals surface area (Å²) in [6.45, 7) is 5.64. The number of hydrogen-bond donors (Lipinski definition) is 1. The van der Waals surface area contributed by atoms with Gasteiger partial charge in [-0.05, 0) is 62.1 Å². The lowest BCUT2D eigenvalue weighted by Crippen LogP contribution is -2.64. The van der Waals surface area contributed by atoms with Crippen LogP contribution in [0.3, 0.4) is 0 Å². The van der Waals surface area contributed by atoms with Gasteiger partial charge < -0.3 is 5.32 Å². The van der Waals surface area contributed by atoms with Gasteiger partial charge in [0, 0.05) is 31.2 Å². The Kier molecular flexibility index (Phi) is 3.31. The highest BCUT2D eigenvalue weighted by molar-refractivity contribution is 5.18. The van der Waals surface area contributed by atoms with Crippen molar-refractivity contribution in [3.63, 3.8) is 0 Å². The van der Waals surface area contributed by atoms with E-state index < -0.39 is 0 Å². The first-order valence-electron chi connectivity index (χ1n) is 8.38. The van der Waals surface area contributed by atoms with Gasteiger partial charge >= 0.3 is 0 Å². The zero-order valence-corrected chi connectivity index (χ0v) is 12.8. The van der Waals surface area contributed by atoms with Crippen LogP contribution in [0.25, 0.3) is 0 Å². The molecule has 3 fully saturated rings. The Morgan fingerprint density at radius 1 is 1.19 bits per heavy atom. The lowest BCUT2D eigenvalue weighted by molar-refractivity contribution is 0.0234. The van der Waals surface area contributed by atoms with Crippen LogP contribution in [-0.4, -0.2) is 29.6 Å². The average molecular weight is 288 g/mol. The van der Waals surface area contributed by atoms with Crippen LogP contribution in [0.1, 0.15) is 38.2 Å². The van der Waals surface area contributed by atoms with Gasteiger partial charge in [0.15, 0.2) is 0 Å². The van der Waals surface area contributed by atoms with E-state index in [0.717, 1.165) is 31.5 Å². The van der Waals surface area contributed by atoms with Crippen molar-refractivity contribution in [3.05, 3.63) is 35.6 Å². The number of halogens is 1. The van der Waals surface area contributed by atoms with Crippen molar-refractivity contribution in [1.82, 2.24) is 10.2 Å². The van der Waals surface area contributed by atoms with E-state index in [1.807, 2.05) is 12.1 Å². The summed E-state index contributed by atoms with van der Waals surface area (Å²) in [5.74, 6) is 1.59. The second-order valence-electron chi connectivity index (χ2n) is 7.46. The molecule has 2 saturated carbocycles. The third-order valence-electron chi connectivity index (χ3n) is 5.80. The van der Waals surface area contributed by atoms with Crippen LogP contribution in [0, 0.1) is 17.7 Å². The van der Waals surface area contributed by atoms with Crippen molar-refractivity contribution in [2.75, 3.05) is 13.1 Å². The highest BCUT2D eigenvalue weighted by Crippen LogP contribution is 2.46. The van der Waals surface area contributed by atoms with E-state index in [9.17, 15) is 4.39 Å². The second-order valence-corrected chi connectivity index (χ2v) is 7.46. The first-order chi connectivity index (χ1) is 10.1. The number of benzene rings is 1. The van der Waals surface area contributed by atoms with E-state index in [1.54, 1.807) is 12.1 Å². The fourth-order valence-corrected chi connectivity index (χ4v) is 3.94. The SMILES string of the molecule is CC1(C2CC2)CNC(C2CC2)CN1Cc1ccc(F)cc1. The fraction of sp³-hybridized carbons (Fsp3) is 0.667. The lowest BCUT2D eigenvalue weighted by atomic mass is 9.88. The molecule has 1 heterocycles. The van der Waals surface area contributed by atoms with Crippen molar-refractivity contribution in [2.45, 2.75) is 50.7 Å². The van der Waals surface area contributed by atoms with E-state index in [0.29, 0.717) is 6.04 Å². The van der Waals surface area contributed by atoms with Gasteiger partial charge in [-0.3, -0.25) is 4.90 Å². The molecule has 21 heavy (non-hydrogen) atoms. The van der Waals surface area contributed by atoms with Crippen LogP contribution in [-0.2, 0) is 6.54 Å². The smallest absolute Gasteiger partial charge is 0.123 e. The summed E-state index contributed by atoms with van der Waals surface area (Å²) in [7, 11) is 0. The van der Waals surface area contributed by atoms with Gasteiger partial charge in [0.2, 0.25) is 0 Å². The molecule has 2 aliphatic carbocycles. The maximum absolute atomic E-state index is 13.1. The minimum Gasteiger partial charge on any atom is -0.311 e. The molecule has 114 valence electrons. The Morgan fingerprint density at radius 2 is 1.90 bits per heavy atom. The topological polar surface area (TPSA) is 15.3 Å². The molecule has 0 aromatic heterocycles. The number of nitrogens with one attached hydrogen (secondary N) is 1. The van der Waals surface area contributed by atoms with E-state index in [4.69, 9.17) is 0 Å². The molecule has 1 saturated heterocycles. The van der Waals surface area contributed by atoms with Crippen LogP contribution in [0.4, 0.5) is 4.39 Å². The van der Waals surface area contributed by atoms with Crippen LogP contribution < -0.4 is 5.32 Å². The Labute approximate surface area is 126 Å². The van der Waals surface area contributed by atoms with Gasteiger partial charge in [-0.1, -0.05) is 12.1 Å². The molecule has 1 N–H and O–H groups in total. The molecule has 0 spiro atoms. The van der Waals surface area contributed by atoms with E-state index in [2.05, 4.69) is 17.1 Å². The third kappa shape index (κ3) is 2.74. The molecular formula is C18H25FN2. The second kappa shape index (κ2) is 5.06. The standard InChI is InChI=1S/C18H25FN2/c1-18(15-6-7-15)12-20-17(14-4-5-14)11-21(18)10-13-2-8-16(19)9-3-13/h2-3,8-9,14-15,17,20H,4-7,10-12H2,1H3. The molecule has 2 nitrogen and oxygen atoms in total. The highest BCUT2D eigenvalue weighted by atomic mass is 19.1. The van der Waals surface area contributed by atoms with Crippen LogP contribution in [0.2, 0.25) is 0 Å². The highest BCUT2D eigenvalue weighted by Gasteiger charge is 2.49. The summed E-state index contributed by atoms with van der Waals surface area (Å²) in [5, 5.41) is 3.82. The van der Waals surface area contributed by atoms with Crippen LogP contribution in [0.5, 0.6) is 0 Å². The monoisotopic (exact) mass is 288 g/mol. The van der Waals surface area contributed by atoms with Gasteiger partial charge in [0.25, 0.3) is 0 Å². The summed E-state index contributed by atoms with van der Waals surface area (Å²) in [6, 6.07) is 7.72. The molecule has 0 amide bonds.